The fraction of sp³-hybridized carbons (Fsp3) is 0.462. The standard InChI is InChI=1S/C13H21N3O3/c1-4-9(8-17)15-13(14)16-10-5-6-11(18-2)12(7-10)19-3/h5-7,9,17H,4,8H2,1-3H3,(H3,14,15,16)/t9-/m1/s1. The number of aliphatic imine (C=N–C) groups is 1. The SMILES string of the molecule is CC[C@H](CO)N=C(N)Nc1ccc(OC)c(OC)c1. The summed E-state index contributed by atoms with van der Waals surface area (Å²) in [7, 11) is 3.14. The van der Waals surface area contributed by atoms with Crippen molar-refractivity contribution < 1.29 is 14.6 Å². The van der Waals surface area contributed by atoms with Crippen molar-refractivity contribution in [2.75, 3.05) is 26.1 Å². The van der Waals surface area contributed by atoms with Crippen LogP contribution in [0.3, 0.4) is 0 Å². The lowest BCUT2D eigenvalue weighted by molar-refractivity contribution is 0.264. The summed E-state index contributed by atoms with van der Waals surface area (Å²) in [4.78, 5) is 4.17. The first kappa shape index (κ1) is 15.1. The molecular weight excluding hydrogens is 246 g/mol. The van der Waals surface area contributed by atoms with Crippen LogP contribution in [-0.4, -0.2) is 37.9 Å². The van der Waals surface area contributed by atoms with Crippen LogP contribution in [0, 0.1) is 0 Å². The highest BCUT2D eigenvalue weighted by Gasteiger charge is 2.06. The Hall–Kier alpha value is -1.95. The molecule has 0 unspecified atom stereocenters. The Morgan fingerprint density at radius 1 is 1.37 bits per heavy atom. The molecule has 0 aliphatic heterocycles. The molecule has 1 atom stereocenters. The average Bonchev–Trinajstić information content (AvgIpc) is 2.44. The Labute approximate surface area is 113 Å². The van der Waals surface area contributed by atoms with Gasteiger partial charge in [-0.25, -0.2) is 4.99 Å². The molecule has 0 radical (unpaired) electrons. The molecule has 0 fully saturated rings. The third-order valence-corrected chi connectivity index (χ3v) is 2.66. The third kappa shape index (κ3) is 4.33. The van der Waals surface area contributed by atoms with E-state index in [1.165, 1.54) is 0 Å². The minimum absolute atomic E-state index is 0.0230. The summed E-state index contributed by atoms with van der Waals surface area (Å²) < 4.78 is 10.3. The Morgan fingerprint density at radius 2 is 2.05 bits per heavy atom. The number of hydrogen-bond acceptors (Lipinski definition) is 4. The van der Waals surface area contributed by atoms with Gasteiger partial charge in [0.05, 0.1) is 26.9 Å². The number of methoxy groups -OCH3 is 2. The highest BCUT2D eigenvalue weighted by atomic mass is 16.5. The van der Waals surface area contributed by atoms with Crippen LogP contribution in [-0.2, 0) is 0 Å². The molecule has 0 saturated heterocycles. The number of anilines is 1. The normalized spacial score (nSPS) is 12.9. The maximum absolute atomic E-state index is 9.06. The quantitative estimate of drug-likeness (QED) is 0.532. The van der Waals surface area contributed by atoms with Crippen molar-refractivity contribution in [1.29, 1.82) is 0 Å². The van der Waals surface area contributed by atoms with Crippen molar-refractivity contribution in [2.24, 2.45) is 10.7 Å². The van der Waals surface area contributed by atoms with Crippen LogP contribution in [0.1, 0.15) is 13.3 Å². The smallest absolute Gasteiger partial charge is 0.193 e. The second-order valence-electron chi connectivity index (χ2n) is 3.95. The molecule has 1 aromatic carbocycles. The fourth-order valence-electron chi connectivity index (χ4n) is 1.55. The van der Waals surface area contributed by atoms with Gasteiger partial charge in [-0.1, -0.05) is 6.92 Å². The van der Waals surface area contributed by atoms with E-state index in [2.05, 4.69) is 10.3 Å². The van der Waals surface area contributed by atoms with Gasteiger partial charge in [-0.15, -0.1) is 0 Å². The fourth-order valence-corrected chi connectivity index (χ4v) is 1.55. The molecule has 4 N–H and O–H groups in total. The molecular formula is C13H21N3O3. The molecule has 6 nitrogen and oxygen atoms in total. The third-order valence-electron chi connectivity index (χ3n) is 2.66. The summed E-state index contributed by atoms with van der Waals surface area (Å²) in [6.07, 6.45) is 0.727. The molecule has 6 heteroatoms. The van der Waals surface area contributed by atoms with E-state index >= 15 is 0 Å². The number of benzene rings is 1. The van der Waals surface area contributed by atoms with E-state index < -0.39 is 0 Å². The molecule has 0 bridgehead atoms. The summed E-state index contributed by atoms with van der Waals surface area (Å²) in [6, 6.07) is 5.16. The van der Waals surface area contributed by atoms with Crippen LogP contribution in [0.15, 0.2) is 23.2 Å². The first-order valence-electron chi connectivity index (χ1n) is 6.07. The lowest BCUT2D eigenvalue weighted by atomic mass is 10.2. The predicted octanol–water partition coefficient (Wildman–Crippen LogP) is 1.20. The monoisotopic (exact) mass is 267 g/mol. The minimum Gasteiger partial charge on any atom is -0.493 e. The van der Waals surface area contributed by atoms with E-state index in [0.717, 1.165) is 12.1 Å². The van der Waals surface area contributed by atoms with Crippen LogP contribution in [0.5, 0.6) is 11.5 Å². The summed E-state index contributed by atoms with van der Waals surface area (Å²) >= 11 is 0. The van der Waals surface area contributed by atoms with Gasteiger partial charge in [0, 0.05) is 11.8 Å². The topological polar surface area (TPSA) is 89.1 Å². The number of ether oxygens (including phenoxy) is 2. The molecule has 0 aromatic heterocycles. The number of guanidine groups is 1. The van der Waals surface area contributed by atoms with Crippen molar-refractivity contribution >= 4 is 11.6 Å². The molecule has 106 valence electrons. The second-order valence-corrected chi connectivity index (χ2v) is 3.95. The predicted molar refractivity (Wildman–Crippen MR) is 76.0 cm³/mol. The van der Waals surface area contributed by atoms with Crippen molar-refractivity contribution in [3.63, 3.8) is 0 Å². The zero-order chi connectivity index (χ0) is 14.3. The van der Waals surface area contributed by atoms with Crippen molar-refractivity contribution in [1.82, 2.24) is 0 Å². The molecule has 0 amide bonds. The van der Waals surface area contributed by atoms with Crippen LogP contribution < -0.4 is 20.5 Å². The van der Waals surface area contributed by atoms with Gasteiger partial charge in [0.15, 0.2) is 17.5 Å². The molecule has 0 aliphatic carbocycles. The highest BCUT2D eigenvalue weighted by molar-refractivity contribution is 5.92. The first-order chi connectivity index (χ1) is 9.14. The van der Waals surface area contributed by atoms with Gasteiger partial charge in [-0.3, -0.25) is 0 Å². The van der Waals surface area contributed by atoms with Gasteiger partial charge in [-0.05, 0) is 18.6 Å². The van der Waals surface area contributed by atoms with E-state index in [0.29, 0.717) is 11.5 Å². The largest absolute Gasteiger partial charge is 0.493 e. The van der Waals surface area contributed by atoms with Gasteiger partial charge < -0.3 is 25.6 Å². The van der Waals surface area contributed by atoms with Crippen LogP contribution in [0.25, 0.3) is 0 Å². The second kappa shape index (κ2) is 7.48. The van der Waals surface area contributed by atoms with Gasteiger partial charge in [0.2, 0.25) is 0 Å². The maximum Gasteiger partial charge on any atom is 0.193 e. The molecule has 1 rings (SSSR count). The average molecular weight is 267 g/mol. The van der Waals surface area contributed by atoms with E-state index in [1.807, 2.05) is 13.0 Å². The van der Waals surface area contributed by atoms with Gasteiger partial charge in [-0.2, -0.15) is 0 Å². The molecule has 0 spiro atoms. The van der Waals surface area contributed by atoms with Gasteiger partial charge in [0.25, 0.3) is 0 Å². The first-order valence-corrected chi connectivity index (χ1v) is 6.07. The molecule has 0 aliphatic rings. The maximum atomic E-state index is 9.06. The number of aliphatic hydroxyl groups is 1. The van der Waals surface area contributed by atoms with E-state index in [9.17, 15) is 0 Å². The van der Waals surface area contributed by atoms with E-state index in [4.69, 9.17) is 20.3 Å². The number of aliphatic hydroxyl groups excluding tert-OH is 1. The van der Waals surface area contributed by atoms with Gasteiger partial charge in [0.1, 0.15) is 0 Å². The van der Waals surface area contributed by atoms with Gasteiger partial charge >= 0.3 is 0 Å². The van der Waals surface area contributed by atoms with E-state index in [-0.39, 0.29) is 18.6 Å². The Balaban J connectivity index is 2.82. The number of hydrogen-bond donors (Lipinski definition) is 3. The van der Waals surface area contributed by atoms with Crippen molar-refractivity contribution in [2.45, 2.75) is 19.4 Å². The summed E-state index contributed by atoms with van der Waals surface area (Å²) in [5.41, 5.74) is 6.52. The molecule has 0 heterocycles. The van der Waals surface area contributed by atoms with Crippen LogP contribution in [0.2, 0.25) is 0 Å². The molecule has 0 saturated carbocycles. The Morgan fingerprint density at radius 3 is 2.58 bits per heavy atom. The number of nitrogens with one attached hydrogen (secondary N) is 1. The number of nitrogens with two attached hydrogens (primary N) is 1. The molecule has 1 aromatic rings. The highest BCUT2D eigenvalue weighted by Crippen LogP contribution is 2.29. The zero-order valence-corrected chi connectivity index (χ0v) is 11.5. The van der Waals surface area contributed by atoms with E-state index in [1.54, 1.807) is 26.4 Å². The zero-order valence-electron chi connectivity index (χ0n) is 11.5. The number of rotatable bonds is 6. The lowest BCUT2D eigenvalue weighted by Gasteiger charge is -2.12. The van der Waals surface area contributed by atoms with Crippen LogP contribution in [0.4, 0.5) is 5.69 Å². The van der Waals surface area contributed by atoms with Crippen LogP contribution >= 0.6 is 0 Å². The summed E-state index contributed by atoms with van der Waals surface area (Å²) in [6.45, 7) is 1.92. The van der Waals surface area contributed by atoms with Crippen molar-refractivity contribution in [3.05, 3.63) is 18.2 Å². The summed E-state index contributed by atoms with van der Waals surface area (Å²) in [5.74, 6) is 1.51. The lowest BCUT2D eigenvalue weighted by Crippen LogP contribution is -2.26. The minimum atomic E-state index is -0.187. The number of nitrogens with zero attached hydrogens (tertiary/aromatic N) is 1. The Kier molecular flexibility index (Phi) is 5.95. The van der Waals surface area contributed by atoms with Crippen molar-refractivity contribution in [3.8, 4) is 11.5 Å². The molecule has 19 heavy (non-hydrogen) atoms. The Bertz CT molecular complexity index is 431. The summed E-state index contributed by atoms with van der Waals surface area (Å²) in [5, 5.41) is 12.0.